The molecular weight excluding hydrogens is 238 g/mol. The first-order chi connectivity index (χ1) is 8.08. The number of rotatable bonds is 6. The van der Waals surface area contributed by atoms with Crippen LogP contribution in [0.15, 0.2) is 0 Å². The summed E-state index contributed by atoms with van der Waals surface area (Å²) >= 11 is 0. The van der Waals surface area contributed by atoms with Crippen molar-refractivity contribution in [1.82, 2.24) is 14.5 Å². The number of ether oxygens (including phenoxy) is 1. The molecule has 1 fully saturated rings. The average molecular weight is 261 g/mol. The summed E-state index contributed by atoms with van der Waals surface area (Å²) in [7, 11) is 2.05. The monoisotopic (exact) mass is 261 g/mol. The van der Waals surface area contributed by atoms with Crippen molar-refractivity contribution in [1.29, 1.82) is 0 Å². The maximum absolute atomic E-state index is 11.5. The molecule has 1 rings (SSSR count). The van der Waals surface area contributed by atoms with E-state index in [2.05, 4.69) is 27.4 Å². The van der Waals surface area contributed by atoms with Gasteiger partial charge in [-0.3, -0.25) is 14.4 Å². The molecule has 0 aliphatic carbocycles. The van der Waals surface area contributed by atoms with Crippen molar-refractivity contribution in [2.75, 3.05) is 59.2 Å². The highest BCUT2D eigenvalue weighted by molar-refractivity contribution is 8.11. The van der Waals surface area contributed by atoms with E-state index in [1.54, 1.807) is 0 Å². The molecule has 1 atom stereocenters. The molecule has 1 aliphatic rings. The highest BCUT2D eigenvalue weighted by Crippen LogP contribution is 1.99. The molecule has 1 heterocycles. The Bertz CT molecular complexity index is 265. The van der Waals surface area contributed by atoms with Crippen molar-refractivity contribution in [3.05, 3.63) is 0 Å². The van der Waals surface area contributed by atoms with E-state index in [9.17, 15) is 4.79 Å². The van der Waals surface area contributed by atoms with E-state index in [-0.39, 0.29) is 16.6 Å². The van der Waals surface area contributed by atoms with Crippen LogP contribution in [0.3, 0.4) is 0 Å². The summed E-state index contributed by atoms with van der Waals surface area (Å²) in [5.74, 6) is 3.69. The summed E-state index contributed by atoms with van der Waals surface area (Å²) in [6.45, 7) is 5.46. The molecule has 1 unspecified atom stereocenters. The van der Waals surface area contributed by atoms with Crippen LogP contribution >= 0.6 is 10.7 Å². The largest absolute Gasteiger partial charge is 0.463 e. The first kappa shape index (κ1) is 14.6. The molecule has 6 heteroatoms. The second-order valence-electron chi connectivity index (χ2n) is 4.33. The molecular formula is C11H23N3O2S. The van der Waals surface area contributed by atoms with Gasteiger partial charge in [0.15, 0.2) is 0 Å². The lowest BCUT2D eigenvalue weighted by Gasteiger charge is -2.31. The SMILES string of the molecule is C=S(C)NCCOC(=O)CN1CCN(C)CC1. The summed E-state index contributed by atoms with van der Waals surface area (Å²) in [5, 5.41) is 0. The Morgan fingerprint density at radius 2 is 2.06 bits per heavy atom. The Kier molecular flexibility index (Phi) is 6.72. The highest BCUT2D eigenvalue weighted by Gasteiger charge is 2.16. The van der Waals surface area contributed by atoms with Crippen LogP contribution in [-0.4, -0.2) is 80.8 Å². The number of hydrogen-bond donors (Lipinski definition) is 1. The van der Waals surface area contributed by atoms with Gasteiger partial charge in [-0.25, -0.2) is 0 Å². The predicted octanol–water partition coefficient (Wildman–Crippen LogP) is -0.388. The fourth-order valence-corrected chi connectivity index (χ4v) is 2.05. The van der Waals surface area contributed by atoms with Crippen LogP contribution in [0, 0.1) is 0 Å². The van der Waals surface area contributed by atoms with Gasteiger partial charge in [0.1, 0.15) is 6.61 Å². The number of esters is 1. The Morgan fingerprint density at radius 1 is 1.41 bits per heavy atom. The number of nitrogens with one attached hydrogen (secondary N) is 1. The Morgan fingerprint density at radius 3 is 2.65 bits per heavy atom. The zero-order chi connectivity index (χ0) is 12.7. The quantitative estimate of drug-likeness (QED) is 0.401. The van der Waals surface area contributed by atoms with E-state index in [4.69, 9.17) is 4.74 Å². The molecule has 1 saturated heterocycles. The molecule has 0 radical (unpaired) electrons. The van der Waals surface area contributed by atoms with Crippen LogP contribution in [0.25, 0.3) is 0 Å². The third-order valence-electron chi connectivity index (χ3n) is 2.66. The van der Waals surface area contributed by atoms with Crippen LogP contribution in [-0.2, 0) is 9.53 Å². The smallest absolute Gasteiger partial charge is 0.320 e. The molecule has 100 valence electrons. The predicted molar refractivity (Wildman–Crippen MR) is 73.5 cm³/mol. The first-order valence-electron chi connectivity index (χ1n) is 5.83. The molecule has 17 heavy (non-hydrogen) atoms. The van der Waals surface area contributed by atoms with Crippen molar-refractivity contribution in [3.63, 3.8) is 0 Å². The zero-order valence-electron chi connectivity index (χ0n) is 10.8. The molecule has 1 aliphatic heterocycles. The molecule has 0 amide bonds. The van der Waals surface area contributed by atoms with Crippen LogP contribution in [0.4, 0.5) is 0 Å². The molecule has 5 nitrogen and oxygen atoms in total. The van der Waals surface area contributed by atoms with Gasteiger partial charge in [-0.2, -0.15) is 0 Å². The van der Waals surface area contributed by atoms with E-state index in [0.29, 0.717) is 19.7 Å². The topological polar surface area (TPSA) is 44.8 Å². The van der Waals surface area contributed by atoms with E-state index in [1.807, 2.05) is 6.26 Å². The number of carbonyl (C=O) groups is 1. The molecule has 0 bridgehead atoms. The number of hydrogen-bond acceptors (Lipinski definition) is 5. The van der Waals surface area contributed by atoms with E-state index in [1.165, 1.54) is 0 Å². The van der Waals surface area contributed by atoms with Crippen molar-refractivity contribution >= 4 is 22.5 Å². The Hall–Kier alpha value is -0.430. The molecule has 0 aromatic heterocycles. The van der Waals surface area contributed by atoms with Crippen LogP contribution in [0.5, 0.6) is 0 Å². The van der Waals surface area contributed by atoms with Gasteiger partial charge in [0.05, 0.1) is 6.54 Å². The van der Waals surface area contributed by atoms with Gasteiger partial charge in [0.25, 0.3) is 0 Å². The van der Waals surface area contributed by atoms with E-state index < -0.39 is 0 Å². The molecule has 0 saturated carbocycles. The maximum atomic E-state index is 11.5. The highest BCUT2D eigenvalue weighted by atomic mass is 32.2. The second-order valence-corrected chi connectivity index (χ2v) is 5.89. The zero-order valence-corrected chi connectivity index (χ0v) is 11.6. The van der Waals surface area contributed by atoms with Gasteiger partial charge < -0.3 is 9.64 Å². The average Bonchev–Trinajstić information content (AvgIpc) is 2.27. The van der Waals surface area contributed by atoms with Crippen molar-refractivity contribution in [3.8, 4) is 0 Å². The Labute approximate surface area is 106 Å². The lowest BCUT2D eigenvalue weighted by molar-refractivity contribution is -0.145. The van der Waals surface area contributed by atoms with Crippen LogP contribution < -0.4 is 4.72 Å². The minimum atomic E-state index is -0.128. The summed E-state index contributed by atoms with van der Waals surface area (Å²) < 4.78 is 8.27. The molecule has 1 N–H and O–H groups in total. The molecule has 0 spiro atoms. The van der Waals surface area contributed by atoms with Gasteiger partial charge in [0, 0.05) is 32.7 Å². The van der Waals surface area contributed by atoms with Gasteiger partial charge in [0.2, 0.25) is 0 Å². The van der Waals surface area contributed by atoms with Crippen molar-refractivity contribution < 1.29 is 9.53 Å². The van der Waals surface area contributed by atoms with Gasteiger partial charge >= 0.3 is 5.97 Å². The second kappa shape index (κ2) is 7.81. The minimum Gasteiger partial charge on any atom is -0.463 e. The summed E-state index contributed by atoms with van der Waals surface area (Å²) in [4.78, 5) is 15.9. The number of piperazine rings is 1. The van der Waals surface area contributed by atoms with Gasteiger partial charge in [-0.05, 0) is 13.3 Å². The molecule has 0 aromatic rings. The van der Waals surface area contributed by atoms with Gasteiger partial charge in [-0.1, -0.05) is 5.87 Å². The third-order valence-corrected chi connectivity index (χ3v) is 3.36. The lowest BCUT2D eigenvalue weighted by Crippen LogP contribution is -2.46. The molecule has 0 aromatic carbocycles. The van der Waals surface area contributed by atoms with E-state index in [0.717, 1.165) is 26.2 Å². The van der Waals surface area contributed by atoms with Crippen molar-refractivity contribution in [2.24, 2.45) is 0 Å². The fraction of sp³-hybridized carbons (Fsp3) is 0.818. The Balaban J connectivity index is 2.06. The summed E-state index contributed by atoms with van der Waals surface area (Å²) in [5.41, 5.74) is 0. The van der Waals surface area contributed by atoms with Crippen LogP contribution in [0.1, 0.15) is 0 Å². The number of likely N-dealkylation sites (N-methyl/N-ethyl adjacent to an activating group) is 1. The number of nitrogens with zero attached hydrogens (tertiary/aromatic N) is 2. The fourth-order valence-electron chi connectivity index (χ4n) is 1.61. The normalized spacial score (nSPS) is 20.1. The third kappa shape index (κ3) is 6.78. The van der Waals surface area contributed by atoms with Gasteiger partial charge in [-0.15, -0.1) is 10.7 Å². The lowest BCUT2D eigenvalue weighted by atomic mass is 10.3. The minimum absolute atomic E-state index is 0.0478. The maximum Gasteiger partial charge on any atom is 0.320 e. The van der Waals surface area contributed by atoms with Crippen LogP contribution in [0.2, 0.25) is 0 Å². The van der Waals surface area contributed by atoms with Crippen molar-refractivity contribution in [2.45, 2.75) is 0 Å². The summed E-state index contributed by atoms with van der Waals surface area (Å²) in [6, 6.07) is 0. The van der Waals surface area contributed by atoms with E-state index >= 15 is 0 Å². The number of carbonyl (C=O) groups excluding carboxylic acids is 1. The standard InChI is InChI=1S/C11H23N3O2S/c1-13-5-7-14(8-6-13)10-11(15)16-9-4-12-17(2)3/h12H,2,4-10H2,1,3H3. The summed E-state index contributed by atoms with van der Waals surface area (Å²) in [6.07, 6.45) is 1.99. The first-order valence-corrected chi connectivity index (χ1v) is 7.64.